The van der Waals surface area contributed by atoms with Gasteiger partial charge in [-0.15, -0.1) is 24.8 Å². The highest BCUT2D eigenvalue weighted by molar-refractivity contribution is 5.92. The van der Waals surface area contributed by atoms with E-state index in [1.807, 2.05) is 12.1 Å². The molecule has 1 aromatic heterocycles. The topological polar surface area (TPSA) is 90.1 Å². The van der Waals surface area contributed by atoms with Gasteiger partial charge >= 0.3 is 0 Å². The fourth-order valence-electron chi connectivity index (χ4n) is 3.25. The van der Waals surface area contributed by atoms with Crippen molar-refractivity contribution in [1.29, 1.82) is 0 Å². The average molecular weight is 436 g/mol. The number of nitrogens with one attached hydrogen (secondary N) is 3. The van der Waals surface area contributed by atoms with Crippen LogP contribution in [0.3, 0.4) is 0 Å². The number of anilines is 1. The number of para-hydroxylation sites is 1. The van der Waals surface area contributed by atoms with Crippen molar-refractivity contribution in [2.75, 3.05) is 31.1 Å². The van der Waals surface area contributed by atoms with Crippen LogP contribution in [0.25, 0.3) is 10.9 Å². The molecule has 0 radical (unpaired) electrons. The molecule has 29 heavy (non-hydrogen) atoms. The summed E-state index contributed by atoms with van der Waals surface area (Å²) in [5, 5.41) is 6.64. The van der Waals surface area contributed by atoms with E-state index in [9.17, 15) is 9.59 Å². The summed E-state index contributed by atoms with van der Waals surface area (Å²) in [6.07, 6.45) is 0. The number of aromatic amines is 1. The van der Waals surface area contributed by atoms with Crippen LogP contribution in [-0.2, 0) is 6.54 Å². The van der Waals surface area contributed by atoms with Crippen LogP contribution in [0.2, 0.25) is 0 Å². The van der Waals surface area contributed by atoms with Crippen molar-refractivity contribution in [3.05, 3.63) is 70.3 Å². The summed E-state index contributed by atoms with van der Waals surface area (Å²) in [4.78, 5) is 33.7. The number of halogens is 2. The summed E-state index contributed by atoms with van der Waals surface area (Å²) in [6.45, 7) is 4.26. The van der Waals surface area contributed by atoms with Gasteiger partial charge in [0.2, 0.25) is 0 Å². The number of hydrogen-bond donors (Lipinski definition) is 3. The molecule has 1 fully saturated rings. The fourth-order valence-corrected chi connectivity index (χ4v) is 3.25. The molecule has 9 heteroatoms. The number of fused-ring (bicyclic) bond motifs is 1. The number of nitrogens with zero attached hydrogens (tertiary/aromatic N) is 2. The van der Waals surface area contributed by atoms with E-state index < -0.39 is 5.91 Å². The largest absolute Gasteiger partial charge is 0.369 e. The maximum atomic E-state index is 12.4. The van der Waals surface area contributed by atoms with Crippen molar-refractivity contribution in [1.82, 2.24) is 20.6 Å². The molecule has 0 atom stereocenters. The second-order valence-corrected chi connectivity index (χ2v) is 6.52. The highest BCUT2D eigenvalue weighted by Gasteiger charge is 2.13. The van der Waals surface area contributed by atoms with Crippen LogP contribution in [0.5, 0.6) is 0 Å². The first kappa shape index (κ1) is 22.7. The van der Waals surface area contributed by atoms with Gasteiger partial charge in [0.25, 0.3) is 11.5 Å². The smallest absolute Gasteiger partial charge is 0.287 e. The Morgan fingerprint density at radius 2 is 1.83 bits per heavy atom. The lowest BCUT2D eigenvalue weighted by atomic mass is 10.1. The Morgan fingerprint density at radius 3 is 2.62 bits per heavy atom. The quantitative estimate of drug-likeness (QED) is 0.583. The van der Waals surface area contributed by atoms with Gasteiger partial charge in [-0.1, -0.05) is 24.3 Å². The van der Waals surface area contributed by atoms with Gasteiger partial charge in [0, 0.05) is 38.4 Å². The zero-order chi connectivity index (χ0) is 18.6. The molecule has 1 amide bonds. The van der Waals surface area contributed by atoms with Gasteiger partial charge in [-0.2, -0.15) is 0 Å². The van der Waals surface area contributed by atoms with Crippen molar-refractivity contribution < 1.29 is 4.79 Å². The predicted molar refractivity (Wildman–Crippen MR) is 120 cm³/mol. The minimum absolute atomic E-state index is 0. The highest BCUT2D eigenvalue weighted by Crippen LogP contribution is 2.16. The van der Waals surface area contributed by atoms with Crippen LogP contribution in [0.15, 0.2) is 53.3 Å². The second-order valence-electron chi connectivity index (χ2n) is 6.52. The number of carbonyl (C=O) groups is 1. The number of rotatable bonds is 4. The Balaban J connectivity index is 0.00000150. The van der Waals surface area contributed by atoms with Crippen molar-refractivity contribution in [2.45, 2.75) is 6.54 Å². The average Bonchev–Trinajstić information content (AvgIpc) is 2.73. The number of amides is 1. The highest BCUT2D eigenvalue weighted by atomic mass is 35.5. The molecule has 0 saturated carbocycles. The predicted octanol–water partition coefficient (Wildman–Crippen LogP) is 2.11. The zero-order valence-electron chi connectivity index (χ0n) is 15.7. The van der Waals surface area contributed by atoms with E-state index in [1.54, 1.807) is 24.3 Å². The Morgan fingerprint density at radius 1 is 1.07 bits per heavy atom. The lowest BCUT2D eigenvalue weighted by Crippen LogP contribution is -2.43. The molecule has 2 heterocycles. The van der Waals surface area contributed by atoms with E-state index in [4.69, 9.17) is 0 Å². The summed E-state index contributed by atoms with van der Waals surface area (Å²) >= 11 is 0. The van der Waals surface area contributed by atoms with Crippen LogP contribution in [0.1, 0.15) is 16.2 Å². The maximum absolute atomic E-state index is 12.4. The Kier molecular flexibility index (Phi) is 8.01. The molecule has 0 bridgehead atoms. The number of aromatic nitrogens is 2. The SMILES string of the molecule is Cl.Cl.O=C(NCc1cccc(N2CCNCC2)c1)c1nc2ccccc2c(=O)[nH]1. The molecule has 0 unspecified atom stereocenters. The number of piperazine rings is 1. The van der Waals surface area contributed by atoms with E-state index in [-0.39, 0.29) is 36.2 Å². The summed E-state index contributed by atoms with van der Waals surface area (Å²) < 4.78 is 0. The molecular formula is C20H23Cl2N5O2. The van der Waals surface area contributed by atoms with Crippen molar-refractivity contribution in [2.24, 2.45) is 0 Å². The lowest BCUT2D eigenvalue weighted by Gasteiger charge is -2.29. The molecule has 7 nitrogen and oxygen atoms in total. The molecule has 2 aromatic carbocycles. The van der Waals surface area contributed by atoms with Crippen LogP contribution in [0.4, 0.5) is 5.69 Å². The van der Waals surface area contributed by atoms with Crippen LogP contribution in [0, 0.1) is 0 Å². The molecular weight excluding hydrogens is 413 g/mol. The van der Waals surface area contributed by atoms with Gasteiger partial charge in [-0.3, -0.25) is 9.59 Å². The summed E-state index contributed by atoms with van der Waals surface area (Å²) in [5.74, 6) is -0.373. The number of benzene rings is 2. The van der Waals surface area contributed by atoms with Crippen molar-refractivity contribution in [3.8, 4) is 0 Å². The maximum Gasteiger partial charge on any atom is 0.287 e. The van der Waals surface area contributed by atoms with E-state index in [0.29, 0.717) is 17.4 Å². The molecule has 3 aromatic rings. The molecule has 4 rings (SSSR count). The van der Waals surface area contributed by atoms with Gasteiger partial charge in [0.05, 0.1) is 10.9 Å². The lowest BCUT2D eigenvalue weighted by molar-refractivity contribution is 0.0940. The molecule has 0 aliphatic carbocycles. The molecule has 0 spiro atoms. The molecule has 1 aliphatic rings. The number of hydrogen-bond acceptors (Lipinski definition) is 5. The summed E-state index contributed by atoms with van der Waals surface area (Å²) in [6, 6.07) is 15.1. The third kappa shape index (κ3) is 5.26. The van der Waals surface area contributed by atoms with Crippen LogP contribution in [-0.4, -0.2) is 42.1 Å². The normalized spacial score (nSPS) is 13.3. The minimum atomic E-state index is -0.398. The monoisotopic (exact) mass is 435 g/mol. The molecule has 1 saturated heterocycles. The van der Waals surface area contributed by atoms with Crippen molar-refractivity contribution >= 4 is 47.3 Å². The third-order valence-electron chi connectivity index (χ3n) is 4.67. The minimum Gasteiger partial charge on any atom is -0.369 e. The van der Waals surface area contributed by atoms with Gasteiger partial charge < -0.3 is 20.5 Å². The standard InChI is InChI=1S/C20H21N5O2.2ClH/c26-19-16-6-1-2-7-17(16)23-18(24-19)20(27)22-13-14-4-3-5-15(12-14)25-10-8-21-9-11-25;;/h1-7,12,21H,8-11,13H2,(H,22,27)(H,23,24,26);2*1H. The van der Waals surface area contributed by atoms with Crippen LogP contribution >= 0.6 is 24.8 Å². The summed E-state index contributed by atoms with van der Waals surface area (Å²) in [7, 11) is 0. The van der Waals surface area contributed by atoms with E-state index in [1.165, 1.54) is 0 Å². The fraction of sp³-hybridized carbons (Fsp3) is 0.250. The van der Waals surface area contributed by atoms with Gasteiger partial charge in [0.15, 0.2) is 5.82 Å². The van der Waals surface area contributed by atoms with E-state index >= 15 is 0 Å². The number of H-pyrrole nitrogens is 1. The first-order valence-corrected chi connectivity index (χ1v) is 9.02. The van der Waals surface area contributed by atoms with E-state index in [0.717, 1.165) is 37.4 Å². The second kappa shape index (κ2) is 10.2. The van der Waals surface area contributed by atoms with Crippen molar-refractivity contribution in [3.63, 3.8) is 0 Å². The van der Waals surface area contributed by atoms with Crippen LogP contribution < -0.4 is 21.1 Å². The zero-order valence-corrected chi connectivity index (χ0v) is 17.3. The molecule has 3 N–H and O–H groups in total. The Hall–Kier alpha value is -2.61. The van der Waals surface area contributed by atoms with E-state index in [2.05, 4.69) is 37.6 Å². The molecule has 154 valence electrons. The number of carbonyl (C=O) groups excluding carboxylic acids is 1. The van der Waals surface area contributed by atoms with Gasteiger partial charge in [-0.25, -0.2) is 4.98 Å². The first-order chi connectivity index (χ1) is 13.2. The first-order valence-electron chi connectivity index (χ1n) is 9.02. The third-order valence-corrected chi connectivity index (χ3v) is 4.67. The van der Waals surface area contributed by atoms with Gasteiger partial charge in [0.1, 0.15) is 0 Å². The Bertz CT molecular complexity index is 1030. The summed E-state index contributed by atoms with van der Waals surface area (Å²) in [5.41, 5.74) is 2.35. The van der Waals surface area contributed by atoms with Gasteiger partial charge in [-0.05, 0) is 29.8 Å². The molecule has 1 aliphatic heterocycles. The Labute approximate surface area is 180 Å².